The molecular weight excluding hydrogens is 595 g/mol. The minimum absolute atomic E-state index is 0.672. The molecule has 0 aliphatic heterocycles. The average molecular weight is 620 g/mol. The predicted octanol–water partition coefficient (Wildman–Crippen LogP) is 13.0. The van der Waals surface area contributed by atoms with Crippen LogP contribution in [0, 0.1) is 11.3 Å². The highest BCUT2D eigenvalue weighted by atomic mass is 32.1. The monoisotopic (exact) mass is 619 g/mol. The van der Waals surface area contributed by atoms with Crippen molar-refractivity contribution in [2.75, 3.05) is 0 Å². The lowest BCUT2D eigenvalue weighted by Gasteiger charge is -2.20. The van der Waals surface area contributed by atoms with E-state index in [1.807, 2.05) is 40.9 Å². The van der Waals surface area contributed by atoms with E-state index in [2.05, 4.69) is 140 Å². The van der Waals surface area contributed by atoms with Crippen molar-refractivity contribution in [3.05, 3.63) is 157 Å². The van der Waals surface area contributed by atoms with Crippen molar-refractivity contribution in [1.29, 1.82) is 5.26 Å². The summed E-state index contributed by atoms with van der Waals surface area (Å²) in [6.07, 6.45) is 0. The lowest BCUT2D eigenvalue weighted by atomic mass is 9.83. The predicted molar refractivity (Wildman–Crippen MR) is 199 cm³/mol. The highest BCUT2D eigenvalue weighted by molar-refractivity contribution is 7.26. The molecule has 0 atom stereocenters. The smallest absolute Gasteiger partial charge is 0.0998 e. The molecule has 0 unspecified atom stereocenters. The van der Waals surface area contributed by atoms with Crippen LogP contribution in [0.1, 0.15) is 5.56 Å². The van der Waals surface area contributed by atoms with Gasteiger partial charge < -0.3 is 0 Å². The fourth-order valence-electron chi connectivity index (χ4n) is 6.79. The quantitative estimate of drug-likeness (QED) is 0.192. The second-order valence-corrected chi connectivity index (χ2v) is 13.8. The van der Waals surface area contributed by atoms with E-state index in [0.29, 0.717) is 5.56 Å². The average Bonchev–Trinajstić information content (AvgIpc) is 3.69. The van der Waals surface area contributed by atoms with E-state index in [4.69, 9.17) is 0 Å². The van der Waals surface area contributed by atoms with Crippen LogP contribution in [0.15, 0.2) is 152 Å². The van der Waals surface area contributed by atoms with Crippen molar-refractivity contribution in [2.45, 2.75) is 0 Å². The minimum Gasteiger partial charge on any atom is -0.192 e. The molecule has 9 rings (SSSR count). The molecular formula is C43H25NS2. The van der Waals surface area contributed by atoms with Crippen LogP contribution < -0.4 is 0 Å². The maximum Gasteiger partial charge on any atom is 0.0998 e. The Morgan fingerprint density at radius 2 is 0.891 bits per heavy atom. The molecule has 0 aliphatic rings. The first-order valence-electron chi connectivity index (χ1n) is 15.3. The Bertz CT molecular complexity index is 2650. The summed E-state index contributed by atoms with van der Waals surface area (Å²) < 4.78 is 5.17. The van der Waals surface area contributed by atoms with Crippen molar-refractivity contribution in [3.8, 4) is 50.6 Å². The topological polar surface area (TPSA) is 23.8 Å². The molecule has 9 aromatic rings. The van der Waals surface area contributed by atoms with Gasteiger partial charge >= 0.3 is 0 Å². The number of thiophene rings is 2. The molecule has 0 saturated carbocycles. The minimum atomic E-state index is 0.672. The van der Waals surface area contributed by atoms with Gasteiger partial charge in [0.2, 0.25) is 0 Å². The zero-order chi connectivity index (χ0) is 30.6. The maximum atomic E-state index is 10.1. The molecule has 0 fully saturated rings. The summed E-state index contributed by atoms with van der Waals surface area (Å²) in [7, 11) is 0. The van der Waals surface area contributed by atoms with Gasteiger partial charge in [0, 0.05) is 40.3 Å². The molecule has 0 spiro atoms. The summed E-state index contributed by atoms with van der Waals surface area (Å²) in [6, 6.07) is 56.8. The normalized spacial score (nSPS) is 11.5. The Morgan fingerprint density at radius 1 is 0.370 bits per heavy atom. The van der Waals surface area contributed by atoms with Crippen LogP contribution in [0.2, 0.25) is 0 Å². The van der Waals surface area contributed by atoms with Crippen LogP contribution in [0.4, 0.5) is 0 Å². The van der Waals surface area contributed by atoms with Gasteiger partial charge in [0.1, 0.15) is 0 Å². The van der Waals surface area contributed by atoms with Crippen LogP contribution >= 0.6 is 22.7 Å². The largest absolute Gasteiger partial charge is 0.192 e. The Labute approximate surface area is 274 Å². The van der Waals surface area contributed by atoms with E-state index in [0.717, 1.165) is 33.4 Å². The van der Waals surface area contributed by atoms with Crippen molar-refractivity contribution >= 4 is 63.0 Å². The van der Waals surface area contributed by atoms with Gasteiger partial charge in [0.05, 0.1) is 11.6 Å². The third-order valence-electron chi connectivity index (χ3n) is 8.93. The fourth-order valence-corrected chi connectivity index (χ4v) is 8.96. The van der Waals surface area contributed by atoms with Gasteiger partial charge in [0.15, 0.2) is 0 Å². The summed E-state index contributed by atoms with van der Waals surface area (Å²) in [5.41, 5.74) is 9.63. The first-order valence-corrected chi connectivity index (χ1v) is 16.9. The van der Waals surface area contributed by atoms with Crippen LogP contribution in [-0.2, 0) is 0 Å². The van der Waals surface area contributed by atoms with Gasteiger partial charge in [-0.25, -0.2) is 0 Å². The van der Waals surface area contributed by atoms with E-state index >= 15 is 0 Å². The number of nitriles is 1. The Morgan fingerprint density at radius 3 is 1.57 bits per heavy atom. The van der Waals surface area contributed by atoms with Crippen LogP contribution in [0.5, 0.6) is 0 Å². The summed E-state index contributed by atoms with van der Waals surface area (Å²) in [6.45, 7) is 0. The number of nitrogens with zero attached hydrogens (tertiary/aromatic N) is 1. The van der Waals surface area contributed by atoms with E-state index in [9.17, 15) is 5.26 Å². The molecule has 0 aliphatic carbocycles. The first-order chi connectivity index (χ1) is 22.7. The molecule has 214 valence electrons. The molecule has 7 aromatic carbocycles. The van der Waals surface area contributed by atoms with Crippen LogP contribution in [0.25, 0.3) is 84.9 Å². The number of fused-ring (bicyclic) bond motifs is 6. The van der Waals surface area contributed by atoms with Crippen molar-refractivity contribution in [3.63, 3.8) is 0 Å². The van der Waals surface area contributed by atoms with Gasteiger partial charge in [-0.1, -0.05) is 97.1 Å². The molecule has 2 aromatic heterocycles. The molecule has 0 bridgehead atoms. The lowest BCUT2D eigenvalue weighted by Crippen LogP contribution is -1.94. The summed E-state index contributed by atoms with van der Waals surface area (Å²) in [4.78, 5) is 0. The molecule has 0 saturated heterocycles. The second-order valence-electron chi connectivity index (χ2n) is 11.6. The Kier molecular flexibility index (Phi) is 6.31. The van der Waals surface area contributed by atoms with Crippen LogP contribution in [-0.4, -0.2) is 0 Å². The molecule has 3 heteroatoms. The van der Waals surface area contributed by atoms with Gasteiger partial charge in [-0.05, 0) is 99.1 Å². The number of hydrogen-bond donors (Lipinski definition) is 0. The van der Waals surface area contributed by atoms with Gasteiger partial charge in [-0.15, -0.1) is 22.7 Å². The molecule has 0 radical (unpaired) electrons. The van der Waals surface area contributed by atoms with Crippen molar-refractivity contribution in [2.24, 2.45) is 0 Å². The van der Waals surface area contributed by atoms with Crippen molar-refractivity contribution < 1.29 is 0 Å². The molecule has 0 amide bonds. The summed E-state index contributed by atoms with van der Waals surface area (Å²) in [5.74, 6) is 0. The highest BCUT2D eigenvalue weighted by Crippen LogP contribution is 2.47. The van der Waals surface area contributed by atoms with Crippen molar-refractivity contribution in [1.82, 2.24) is 0 Å². The van der Waals surface area contributed by atoms with E-state index in [1.54, 1.807) is 0 Å². The third kappa shape index (κ3) is 4.35. The summed E-state index contributed by atoms with van der Waals surface area (Å²) in [5, 5.41) is 15.2. The molecule has 0 N–H and O–H groups in total. The standard InChI is InChI=1S/C43H25NS2/c44-26-30-12-4-5-13-32(30)31-24-35(27-10-2-1-3-11-27)43(29-19-21-42-38(23-29)34-15-7-9-17-40(34)46-42)36(25-31)28-18-20-41-37(22-28)33-14-6-8-16-39(33)45-41/h1-25H. The van der Waals surface area contributed by atoms with Crippen LogP contribution in [0.3, 0.4) is 0 Å². The van der Waals surface area contributed by atoms with Gasteiger partial charge in [0.25, 0.3) is 0 Å². The number of hydrogen-bond acceptors (Lipinski definition) is 3. The molecule has 1 nitrogen and oxygen atoms in total. The zero-order valence-corrected chi connectivity index (χ0v) is 26.3. The SMILES string of the molecule is N#Cc1ccccc1-c1cc(-c2ccccc2)c(-c2ccc3sc4ccccc4c3c2)c(-c2ccc3sc4ccccc4c3c2)c1. The Hall–Kier alpha value is -5.53. The lowest BCUT2D eigenvalue weighted by molar-refractivity contribution is 1.47. The van der Waals surface area contributed by atoms with E-state index in [-0.39, 0.29) is 0 Å². The van der Waals surface area contributed by atoms with Gasteiger partial charge in [-0.3, -0.25) is 0 Å². The van der Waals surface area contributed by atoms with E-state index < -0.39 is 0 Å². The second kappa shape index (κ2) is 10.8. The molecule has 46 heavy (non-hydrogen) atoms. The fraction of sp³-hybridized carbons (Fsp3) is 0. The number of rotatable bonds is 4. The molecule has 2 heterocycles. The van der Waals surface area contributed by atoms with Gasteiger partial charge in [-0.2, -0.15) is 5.26 Å². The maximum absolute atomic E-state index is 10.1. The van der Waals surface area contributed by atoms with E-state index in [1.165, 1.54) is 51.5 Å². The zero-order valence-electron chi connectivity index (χ0n) is 24.7. The number of benzene rings is 7. The first kappa shape index (κ1) is 26.8. The summed E-state index contributed by atoms with van der Waals surface area (Å²) >= 11 is 3.68. The third-order valence-corrected chi connectivity index (χ3v) is 11.2. The highest BCUT2D eigenvalue weighted by Gasteiger charge is 2.20. The Balaban J connectivity index is 1.41.